The molecule has 0 saturated heterocycles. The zero-order valence-corrected chi connectivity index (χ0v) is 28.2. The van der Waals surface area contributed by atoms with Gasteiger partial charge in [0.15, 0.2) is 5.60 Å². The molecule has 0 aliphatic carbocycles. The van der Waals surface area contributed by atoms with Gasteiger partial charge in [-0.3, -0.25) is 4.79 Å². The summed E-state index contributed by atoms with van der Waals surface area (Å²) >= 11 is 0. The molecule has 0 unspecified atom stereocenters. The number of benzene rings is 1. The zero-order chi connectivity index (χ0) is 34.4. The molecule has 0 saturated carbocycles. The molecule has 0 aromatic heterocycles. The first kappa shape index (κ1) is 40.6. The van der Waals surface area contributed by atoms with Crippen LogP contribution in [-0.4, -0.2) is 72.1 Å². The standard InChI is InChI=1S/C34H52N2O9S/c1-4-7-9-15-23-35-46(43,44)25-16-13-11-10-12-14-17-29(34(42,22-6-3)33(40)41)31(37)36-30(32(38)39)26-27-18-20-28(21-19-27)45-24-8-5-2/h14,17-21,29-30,35,42H,4,6-7,9-13,15-16,22-26H2,1-3H3,(H,36,37)(H,38,39)(H,40,41)/b17-14+/t29-,30+,34+/m1/s1. The zero-order valence-electron chi connectivity index (χ0n) is 27.4. The molecule has 3 atom stereocenters. The van der Waals surface area contributed by atoms with Crippen molar-refractivity contribution in [2.45, 2.75) is 109 Å². The smallest absolute Gasteiger partial charge is 0.336 e. The van der Waals surface area contributed by atoms with Crippen LogP contribution in [0.25, 0.3) is 0 Å². The third-order valence-corrected chi connectivity index (χ3v) is 8.95. The highest BCUT2D eigenvalue weighted by Crippen LogP contribution is 2.27. The summed E-state index contributed by atoms with van der Waals surface area (Å²) in [5, 5.41) is 33.2. The molecule has 1 aromatic rings. The second-order valence-electron chi connectivity index (χ2n) is 11.3. The van der Waals surface area contributed by atoms with Gasteiger partial charge >= 0.3 is 11.9 Å². The van der Waals surface area contributed by atoms with Gasteiger partial charge in [-0.15, -0.1) is 5.92 Å². The summed E-state index contributed by atoms with van der Waals surface area (Å²) in [4.78, 5) is 37.6. The third-order valence-electron chi connectivity index (χ3n) is 7.48. The molecule has 0 bridgehead atoms. The van der Waals surface area contributed by atoms with Gasteiger partial charge in [-0.2, -0.15) is 0 Å². The maximum Gasteiger partial charge on any atom is 0.336 e. The fourth-order valence-electron chi connectivity index (χ4n) is 4.84. The maximum absolute atomic E-state index is 13.4. The lowest BCUT2D eigenvalue weighted by Gasteiger charge is -2.30. The van der Waals surface area contributed by atoms with Crippen molar-refractivity contribution in [3.63, 3.8) is 0 Å². The van der Waals surface area contributed by atoms with Crippen molar-refractivity contribution in [2.24, 2.45) is 5.92 Å². The van der Waals surface area contributed by atoms with Crippen LogP contribution in [0.1, 0.15) is 97.0 Å². The number of aliphatic carboxylic acids is 2. The molecule has 0 spiro atoms. The number of aliphatic hydroxyl groups is 1. The molecule has 1 rings (SSSR count). The van der Waals surface area contributed by atoms with Crippen molar-refractivity contribution in [2.75, 3.05) is 18.9 Å². The van der Waals surface area contributed by atoms with Crippen molar-refractivity contribution < 1.29 is 42.9 Å². The minimum absolute atomic E-state index is 0.0539. The largest absolute Gasteiger partial charge is 0.481 e. The first-order valence-corrected chi connectivity index (χ1v) is 17.8. The Morgan fingerprint density at radius 3 is 2.26 bits per heavy atom. The van der Waals surface area contributed by atoms with Crippen molar-refractivity contribution in [3.05, 3.63) is 42.0 Å². The highest BCUT2D eigenvalue weighted by molar-refractivity contribution is 7.89. The number of carbonyl (C=O) groups excluding carboxylic acids is 1. The number of amides is 1. The molecular weight excluding hydrogens is 612 g/mol. The highest BCUT2D eigenvalue weighted by atomic mass is 32.2. The van der Waals surface area contributed by atoms with Gasteiger partial charge in [-0.1, -0.05) is 82.6 Å². The fourth-order valence-corrected chi connectivity index (χ4v) is 6.03. The predicted molar refractivity (Wildman–Crippen MR) is 178 cm³/mol. The Kier molecular flexibility index (Phi) is 19.6. The number of carboxylic acids is 2. The number of nitrogens with one attached hydrogen (secondary N) is 2. The van der Waals surface area contributed by atoms with Gasteiger partial charge < -0.3 is 25.4 Å². The quantitative estimate of drug-likeness (QED) is 0.0574. The van der Waals surface area contributed by atoms with Gasteiger partial charge in [0.1, 0.15) is 18.4 Å². The topological polar surface area (TPSA) is 179 Å². The first-order valence-electron chi connectivity index (χ1n) is 16.1. The number of carboxylic acid groups (broad SMARTS) is 2. The van der Waals surface area contributed by atoms with E-state index in [1.807, 2.05) is 0 Å². The SMILES string of the molecule is CC#CCOc1ccc(C[C@H](NC(=O)[C@@H](/C=C/CCCCCCS(=O)(=O)NCCCCCC)[C@@](O)(CCC)C(=O)O)C(=O)O)cc1. The molecular formula is C34H52N2O9S. The molecule has 5 N–H and O–H groups in total. The normalized spacial score (nSPS) is 14.1. The molecule has 0 radical (unpaired) electrons. The molecule has 1 aromatic carbocycles. The minimum Gasteiger partial charge on any atom is -0.481 e. The van der Waals surface area contributed by atoms with E-state index in [2.05, 4.69) is 28.8 Å². The van der Waals surface area contributed by atoms with Crippen LogP contribution >= 0.6 is 0 Å². The molecule has 0 aliphatic rings. The van der Waals surface area contributed by atoms with Gasteiger partial charge in [-0.05, 0) is 56.7 Å². The highest BCUT2D eigenvalue weighted by Gasteiger charge is 2.46. The summed E-state index contributed by atoms with van der Waals surface area (Å²) in [6.07, 6.45) is 9.97. The lowest BCUT2D eigenvalue weighted by atomic mass is 9.82. The Bertz CT molecular complexity index is 1270. The fraction of sp³-hybridized carbons (Fsp3) is 0.618. The minimum atomic E-state index is -3.30. The number of ether oxygens (including phenoxy) is 1. The molecule has 12 heteroatoms. The van der Waals surface area contributed by atoms with Crippen LogP contribution in [0.4, 0.5) is 0 Å². The number of allylic oxidation sites excluding steroid dienone is 1. The van der Waals surface area contributed by atoms with Crippen LogP contribution in [0, 0.1) is 17.8 Å². The van der Waals surface area contributed by atoms with E-state index < -0.39 is 45.4 Å². The third kappa shape index (κ3) is 15.7. The molecule has 0 heterocycles. The lowest BCUT2D eigenvalue weighted by Crippen LogP contribution is -2.54. The van der Waals surface area contributed by atoms with E-state index in [0.717, 1.165) is 32.1 Å². The number of hydrogen-bond donors (Lipinski definition) is 5. The van der Waals surface area contributed by atoms with Crippen LogP contribution in [0.5, 0.6) is 5.75 Å². The van der Waals surface area contributed by atoms with Gasteiger partial charge in [-0.25, -0.2) is 22.7 Å². The Balaban J connectivity index is 2.80. The molecule has 1 amide bonds. The van der Waals surface area contributed by atoms with Crippen LogP contribution in [0.15, 0.2) is 36.4 Å². The second-order valence-corrected chi connectivity index (χ2v) is 13.3. The van der Waals surface area contributed by atoms with Crippen LogP contribution in [-0.2, 0) is 30.8 Å². The second kappa shape index (κ2) is 22.2. The number of hydrogen-bond acceptors (Lipinski definition) is 7. The monoisotopic (exact) mass is 664 g/mol. The Morgan fingerprint density at radius 1 is 0.978 bits per heavy atom. The van der Waals surface area contributed by atoms with E-state index in [9.17, 15) is 38.1 Å². The van der Waals surface area contributed by atoms with Gasteiger partial charge in [0.05, 0.1) is 11.7 Å². The van der Waals surface area contributed by atoms with E-state index in [1.165, 1.54) is 6.08 Å². The number of carbonyl (C=O) groups is 3. The number of rotatable bonds is 25. The van der Waals surface area contributed by atoms with E-state index in [4.69, 9.17) is 4.74 Å². The average Bonchev–Trinajstić information content (AvgIpc) is 3.00. The molecule has 11 nitrogen and oxygen atoms in total. The maximum atomic E-state index is 13.4. The summed E-state index contributed by atoms with van der Waals surface area (Å²) in [6.45, 7) is 6.14. The molecule has 258 valence electrons. The predicted octanol–water partition coefficient (Wildman–Crippen LogP) is 4.44. The molecule has 46 heavy (non-hydrogen) atoms. The summed E-state index contributed by atoms with van der Waals surface area (Å²) in [7, 11) is -3.30. The Labute approximate surface area is 274 Å². The van der Waals surface area contributed by atoms with E-state index in [0.29, 0.717) is 43.5 Å². The van der Waals surface area contributed by atoms with Crippen molar-refractivity contribution in [3.8, 4) is 17.6 Å². The van der Waals surface area contributed by atoms with Crippen molar-refractivity contribution >= 4 is 27.9 Å². The average molecular weight is 665 g/mol. The summed E-state index contributed by atoms with van der Waals surface area (Å²) in [5.41, 5.74) is -1.83. The number of unbranched alkanes of at least 4 members (excludes halogenated alkanes) is 7. The molecule has 0 aliphatic heterocycles. The molecule has 0 fully saturated rings. The Hall–Kier alpha value is -3.40. The van der Waals surface area contributed by atoms with E-state index in [-0.39, 0.29) is 31.6 Å². The van der Waals surface area contributed by atoms with Gasteiger partial charge in [0.25, 0.3) is 0 Å². The first-order chi connectivity index (χ1) is 21.9. The van der Waals surface area contributed by atoms with E-state index in [1.54, 1.807) is 44.2 Å². The Morgan fingerprint density at radius 2 is 1.65 bits per heavy atom. The van der Waals surface area contributed by atoms with Crippen LogP contribution in [0.2, 0.25) is 0 Å². The van der Waals surface area contributed by atoms with Crippen molar-refractivity contribution in [1.82, 2.24) is 10.0 Å². The summed E-state index contributed by atoms with van der Waals surface area (Å²) < 4.78 is 32.4. The van der Waals surface area contributed by atoms with E-state index >= 15 is 0 Å². The van der Waals surface area contributed by atoms with Gasteiger partial charge in [0, 0.05) is 13.0 Å². The summed E-state index contributed by atoms with van der Waals surface area (Å²) in [6, 6.07) is 5.28. The van der Waals surface area contributed by atoms with Crippen LogP contribution in [0.3, 0.4) is 0 Å². The van der Waals surface area contributed by atoms with Crippen molar-refractivity contribution in [1.29, 1.82) is 0 Å². The summed E-state index contributed by atoms with van der Waals surface area (Å²) in [5.74, 6) is 0.777. The van der Waals surface area contributed by atoms with Gasteiger partial charge in [0.2, 0.25) is 15.9 Å². The number of sulfonamides is 1. The van der Waals surface area contributed by atoms with Crippen LogP contribution < -0.4 is 14.8 Å². The lowest BCUT2D eigenvalue weighted by molar-refractivity contribution is -0.167.